The molecule has 160 valence electrons. The average Bonchev–Trinajstić information content (AvgIpc) is 2.80. The summed E-state index contributed by atoms with van der Waals surface area (Å²) in [7, 11) is 0. The highest BCUT2D eigenvalue weighted by atomic mass is 16.5. The van der Waals surface area contributed by atoms with Gasteiger partial charge in [0.25, 0.3) is 0 Å². The molecule has 0 unspecified atom stereocenters. The van der Waals surface area contributed by atoms with Gasteiger partial charge in [-0.15, -0.1) is 6.58 Å². The third-order valence-corrected chi connectivity index (χ3v) is 6.42. The minimum Gasteiger partial charge on any atom is -0.373 e. The van der Waals surface area contributed by atoms with E-state index in [-0.39, 0.29) is 0 Å². The molecule has 1 heteroatoms. The van der Waals surface area contributed by atoms with E-state index in [1.54, 1.807) is 0 Å². The van der Waals surface area contributed by atoms with Gasteiger partial charge >= 0.3 is 0 Å². The molecule has 0 bridgehead atoms. The largest absolute Gasteiger partial charge is 0.373 e. The first-order valence-corrected chi connectivity index (χ1v) is 11.8. The Morgan fingerprint density at radius 3 is 2.20 bits per heavy atom. The van der Waals surface area contributed by atoms with E-state index in [1.807, 2.05) is 0 Å². The SMILES string of the molecule is C=CCCCC1CCC(c2ccc(-c3ccc(COCC=CCC)cc3)cc2)CC1. The lowest BCUT2D eigenvalue weighted by Gasteiger charge is -2.29. The van der Waals surface area contributed by atoms with Gasteiger partial charge in [0.1, 0.15) is 0 Å². The molecule has 0 N–H and O–H groups in total. The van der Waals surface area contributed by atoms with Crippen molar-refractivity contribution in [3.8, 4) is 11.1 Å². The number of rotatable bonds is 11. The summed E-state index contributed by atoms with van der Waals surface area (Å²) in [5.41, 5.74) is 5.33. The fourth-order valence-electron chi connectivity index (χ4n) is 4.56. The van der Waals surface area contributed by atoms with Crippen molar-refractivity contribution in [2.24, 2.45) is 5.92 Å². The maximum atomic E-state index is 5.69. The molecule has 1 aliphatic carbocycles. The Kier molecular flexibility index (Phi) is 9.44. The summed E-state index contributed by atoms with van der Waals surface area (Å²) in [5.74, 6) is 1.68. The van der Waals surface area contributed by atoms with Gasteiger partial charge in [0.05, 0.1) is 13.2 Å². The highest BCUT2D eigenvalue weighted by Crippen LogP contribution is 2.38. The van der Waals surface area contributed by atoms with Gasteiger partial charge in [-0.1, -0.05) is 80.1 Å². The average molecular weight is 403 g/mol. The Hall–Kier alpha value is -2.12. The van der Waals surface area contributed by atoms with Crippen LogP contribution in [-0.4, -0.2) is 6.61 Å². The van der Waals surface area contributed by atoms with E-state index >= 15 is 0 Å². The number of benzene rings is 2. The van der Waals surface area contributed by atoms with Crippen LogP contribution < -0.4 is 0 Å². The molecule has 1 saturated carbocycles. The van der Waals surface area contributed by atoms with Crippen LogP contribution in [0, 0.1) is 5.92 Å². The maximum Gasteiger partial charge on any atom is 0.0721 e. The molecule has 1 aliphatic rings. The molecular weight excluding hydrogens is 364 g/mol. The molecule has 0 amide bonds. The molecule has 0 atom stereocenters. The summed E-state index contributed by atoms with van der Waals surface area (Å²) in [6, 6.07) is 18.1. The monoisotopic (exact) mass is 402 g/mol. The predicted molar refractivity (Wildman–Crippen MR) is 130 cm³/mol. The van der Waals surface area contributed by atoms with Crippen LogP contribution in [0.3, 0.4) is 0 Å². The Bertz CT molecular complexity index is 761. The van der Waals surface area contributed by atoms with E-state index in [4.69, 9.17) is 4.74 Å². The second-order valence-corrected chi connectivity index (χ2v) is 8.65. The molecule has 0 aromatic heterocycles. The molecule has 30 heavy (non-hydrogen) atoms. The smallest absolute Gasteiger partial charge is 0.0721 e. The van der Waals surface area contributed by atoms with Gasteiger partial charge < -0.3 is 4.74 Å². The van der Waals surface area contributed by atoms with Crippen LogP contribution in [0.2, 0.25) is 0 Å². The van der Waals surface area contributed by atoms with Gasteiger partial charge in [-0.3, -0.25) is 0 Å². The van der Waals surface area contributed by atoms with Gasteiger partial charge in [0.15, 0.2) is 0 Å². The number of hydrogen-bond acceptors (Lipinski definition) is 1. The predicted octanol–water partition coefficient (Wildman–Crippen LogP) is 8.47. The summed E-state index contributed by atoms with van der Waals surface area (Å²) < 4.78 is 5.69. The normalized spacial score (nSPS) is 19.2. The molecule has 1 nitrogen and oxygen atoms in total. The lowest BCUT2D eigenvalue weighted by atomic mass is 9.77. The van der Waals surface area contributed by atoms with Gasteiger partial charge in [-0.2, -0.15) is 0 Å². The van der Waals surface area contributed by atoms with E-state index in [9.17, 15) is 0 Å². The molecule has 0 saturated heterocycles. The van der Waals surface area contributed by atoms with Gasteiger partial charge in [-0.05, 0) is 79.0 Å². The lowest BCUT2D eigenvalue weighted by molar-refractivity contribution is 0.148. The van der Waals surface area contributed by atoms with Crippen molar-refractivity contribution in [3.63, 3.8) is 0 Å². The third kappa shape index (κ3) is 6.99. The summed E-state index contributed by atoms with van der Waals surface area (Å²) in [4.78, 5) is 0. The first-order chi connectivity index (χ1) is 14.8. The minimum absolute atomic E-state index is 0.670. The van der Waals surface area contributed by atoms with E-state index in [1.165, 1.54) is 67.2 Å². The van der Waals surface area contributed by atoms with E-state index in [0.29, 0.717) is 13.2 Å². The van der Waals surface area contributed by atoms with Crippen LogP contribution >= 0.6 is 0 Å². The van der Waals surface area contributed by atoms with Crippen LogP contribution in [-0.2, 0) is 11.3 Å². The van der Waals surface area contributed by atoms with Crippen molar-refractivity contribution in [3.05, 3.63) is 84.5 Å². The standard InChI is InChI=1S/C29H38O/c1-3-5-7-9-24-10-14-26(15-11-24)28-18-20-29(21-19-28)27-16-12-25(13-17-27)23-30-22-8-6-4-2/h3,6,8,12-13,16-21,24,26H,1,4-5,7,9-11,14-15,22-23H2,2H3. The highest BCUT2D eigenvalue weighted by Gasteiger charge is 2.21. The van der Waals surface area contributed by atoms with Gasteiger partial charge in [0, 0.05) is 0 Å². The lowest BCUT2D eigenvalue weighted by Crippen LogP contribution is -2.13. The summed E-state index contributed by atoms with van der Waals surface area (Å²) in [5, 5.41) is 0. The molecule has 1 fully saturated rings. The van der Waals surface area contributed by atoms with Crippen LogP contribution in [0.4, 0.5) is 0 Å². The molecule has 0 spiro atoms. The van der Waals surface area contributed by atoms with Gasteiger partial charge in [0.2, 0.25) is 0 Å². The topological polar surface area (TPSA) is 9.23 Å². The highest BCUT2D eigenvalue weighted by molar-refractivity contribution is 5.64. The number of allylic oxidation sites excluding steroid dienone is 2. The summed E-state index contributed by atoms with van der Waals surface area (Å²) in [6.45, 7) is 7.34. The fourth-order valence-corrected chi connectivity index (χ4v) is 4.56. The molecule has 2 aromatic carbocycles. The second-order valence-electron chi connectivity index (χ2n) is 8.65. The Morgan fingerprint density at radius 2 is 1.57 bits per heavy atom. The molecule has 0 radical (unpaired) electrons. The zero-order valence-corrected chi connectivity index (χ0v) is 18.7. The quantitative estimate of drug-likeness (QED) is 0.270. The third-order valence-electron chi connectivity index (χ3n) is 6.42. The zero-order valence-electron chi connectivity index (χ0n) is 18.7. The van der Waals surface area contributed by atoms with Crippen molar-refractivity contribution in [2.75, 3.05) is 6.61 Å². The first kappa shape index (κ1) is 22.6. The Labute approximate surface area is 183 Å². The fraction of sp³-hybridized carbons (Fsp3) is 0.448. The number of ether oxygens (including phenoxy) is 1. The Balaban J connectivity index is 1.48. The second kappa shape index (κ2) is 12.5. The molecule has 0 aliphatic heterocycles. The molecule has 2 aromatic rings. The number of hydrogen-bond donors (Lipinski definition) is 0. The van der Waals surface area contributed by atoms with Gasteiger partial charge in [-0.25, -0.2) is 0 Å². The molecular formula is C29H38O. The van der Waals surface area contributed by atoms with Crippen LogP contribution in [0.5, 0.6) is 0 Å². The van der Waals surface area contributed by atoms with Crippen molar-refractivity contribution in [2.45, 2.75) is 70.8 Å². The Morgan fingerprint density at radius 1 is 0.900 bits per heavy atom. The molecule has 3 rings (SSSR count). The van der Waals surface area contributed by atoms with E-state index < -0.39 is 0 Å². The minimum atomic E-state index is 0.670. The number of unbranched alkanes of at least 4 members (excludes halogenated alkanes) is 1. The van der Waals surface area contributed by atoms with Crippen LogP contribution in [0.1, 0.15) is 75.3 Å². The zero-order chi connectivity index (χ0) is 21.0. The summed E-state index contributed by atoms with van der Waals surface area (Å²) in [6.07, 6.45) is 16.7. The first-order valence-electron chi connectivity index (χ1n) is 11.8. The van der Waals surface area contributed by atoms with Crippen LogP contribution in [0.25, 0.3) is 11.1 Å². The summed E-state index contributed by atoms with van der Waals surface area (Å²) >= 11 is 0. The van der Waals surface area contributed by atoms with E-state index in [2.05, 4.69) is 80.3 Å². The van der Waals surface area contributed by atoms with E-state index in [0.717, 1.165) is 18.3 Å². The maximum absolute atomic E-state index is 5.69. The van der Waals surface area contributed by atoms with Crippen molar-refractivity contribution >= 4 is 0 Å². The van der Waals surface area contributed by atoms with Crippen LogP contribution in [0.15, 0.2) is 73.3 Å². The molecule has 0 heterocycles. The van der Waals surface area contributed by atoms with Crippen molar-refractivity contribution in [1.29, 1.82) is 0 Å². The van der Waals surface area contributed by atoms with Crippen molar-refractivity contribution in [1.82, 2.24) is 0 Å². The van der Waals surface area contributed by atoms with Crippen molar-refractivity contribution < 1.29 is 4.74 Å².